The van der Waals surface area contributed by atoms with Gasteiger partial charge in [-0.3, -0.25) is 4.79 Å². The van der Waals surface area contributed by atoms with E-state index in [-0.39, 0.29) is 18.0 Å². The normalized spacial score (nSPS) is 10.1. The number of carbonyl (C=O) groups excluding carboxylic acids is 1. The smallest absolute Gasteiger partial charge is 0.166 e. The zero-order chi connectivity index (χ0) is 15.1. The highest BCUT2D eigenvalue weighted by atomic mass is 19.1. The molecule has 2 rings (SSSR count). The molecule has 0 radical (unpaired) electrons. The molecule has 0 aliphatic carbocycles. The molecule has 0 fully saturated rings. The summed E-state index contributed by atoms with van der Waals surface area (Å²) in [5, 5.41) is 0. The van der Waals surface area contributed by atoms with Crippen LogP contribution in [0.15, 0.2) is 61.2 Å². The number of Topliss-reactive ketones (excluding diaryl/α,β-unsaturated/α-hetero) is 1. The number of benzene rings is 2. The number of carbonyl (C=O) groups is 1. The zero-order valence-corrected chi connectivity index (χ0v) is 11.7. The van der Waals surface area contributed by atoms with Crippen LogP contribution >= 0.6 is 0 Å². The minimum Gasteiger partial charge on any atom is -0.493 e. The SMILES string of the molecule is C=CCc1ccccc1OCCC(=O)c1ccc(F)cc1. The Labute approximate surface area is 123 Å². The van der Waals surface area contributed by atoms with Gasteiger partial charge >= 0.3 is 0 Å². The Kier molecular flexibility index (Phi) is 5.27. The summed E-state index contributed by atoms with van der Waals surface area (Å²) in [6, 6.07) is 13.2. The first kappa shape index (κ1) is 15.0. The van der Waals surface area contributed by atoms with Crippen molar-refractivity contribution in [3.8, 4) is 5.75 Å². The van der Waals surface area contributed by atoms with Crippen LogP contribution in [0.4, 0.5) is 4.39 Å². The summed E-state index contributed by atoms with van der Waals surface area (Å²) in [5.41, 5.74) is 1.54. The van der Waals surface area contributed by atoms with Gasteiger partial charge in [0.1, 0.15) is 11.6 Å². The molecule has 0 heterocycles. The van der Waals surface area contributed by atoms with E-state index in [1.165, 1.54) is 24.3 Å². The maximum atomic E-state index is 12.8. The van der Waals surface area contributed by atoms with Crippen LogP contribution in [0.5, 0.6) is 5.75 Å². The summed E-state index contributed by atoms with van der Waals surface area (Å²) in [4.78, 5) is 11.9. The van der Waals surface area contributed by atoms with Crippen LogP contribution in [-0.2, 0) is 6.42 Å². The molecule has 0 atom stereocenters. The molecule has 2 nitrogen and oxygen atoms in total. The Morgan fingerprint density at radius 3 is 2.57 bits per heavy atom. The molecular formula is C18H17FO2. The van der Waals surface area contributed by atoms with Crippen LogP contribution in [-0.4, -0.2) is 12.4 Å². The lowest BCUT2D eigenvalue weighted by Crippen LogP contribution is -2.07. The number of rotatable bonds is 7. The van der Waals surface area contributed by atoms with Crippen molar-refractivity contribution in [2.75, 3.05) is 6.61 Å². The second-order valence-corrected chi connectivity index (χ2v) is 4.63. The Morgan fingerprint density at radius 1 is 1.14 bits per heavy atom. The van der Waals surface area contributed by atoms with Gasteiger partial charge in [-0.2, -0.15) is 0 Å². The zero-order valence-electron chi connectivity index (χ0n) is 11.7. The van der Waals surface area contributed by atoms with E-state index in [0.717, 1.165) is 17.7 Å². The highest BCUT2D eigenvalue weighted by Crippen LogP contribution is 2.19. The van der Waals surface area contributed by atoms with Crippen LogP contribution in [0.3, 0.4) is 0 Å². The van der Waals surface area contributed by atoms with Gasteiger partial charge in [-0.1, -0.05) is 24.3 Å². The maximum Gasteiger partial charge on any atom is 0.166 e. The largest absolute Gasteiger partial charge is 0.493 e. The van der Waals surface area contributed by atoms with E-state index in [2.05, 4.69) is 6.58 Å². The molecule has 0 unspecified atom stereocenters. The summed E-state index contributed by atoms with van der Waals surface area (Å²) in [5.74, 6) is 0.363. The molecule has 0 N–H and O–H groups in total. The quantitative estimate of drug-likeness (QED) is 0.562. The molecule has 0 amide bonds. The van der Waals surface area contributed by atoms with Crippen LogP contribution in [0.2, 0.25) is 0 Å². The number of hydrogen-bond acceptors (Lipinski definition) is 2. The monoisotopic (exact) mass is 284 g/mol. The molecule has 0 saturated heterocycles. The molecule has 0 aliphatic heterocycles. The third-order valence-corrected chi connectivity index (χ3v) is 3.09. The van der Waals surface area contributed by atoms with Crippen molar-refractivity contribution in [1.82, 2.24) is 0 Å². The van der Waals surface area contributed by atoms with Crippen molar-refractivity contribution < 1.29 is 13.9 Å². The van der Waals surface area contributed by atoms with Crippen molar-refractivity contribution in [3.05, 3.63) is 78.1 Å². The highest BCUT2D eigenvalue weighted by molar-refractivity contribution is 5.96. The molecular weight excluding hydrogens is 267 g/mol. The second kappa shape index (κ2) is 7.39. The van der Waals surface area contributed by atoms with Crippen molar-refractivity contribution in [2.24, 2.45) is 0 Å². The third kappa shape index (κ3) is 4.28. The summed E-state index contributed by atoms with van der Waals surface area (Å²) >= 11 is 0. The van der Waals surface area contributed by atoms with Gasteiger partial charge < -0.3 is 4.74 Å². The first-order valence-electron chi connectivity index (χ1n) is 6.81. The van der Waals surface area contributed by atoms with E-state index in [0.29, 0.717) is 12.2 Å². The van der Waals surface area contributed by atoms with Gasteiger partial charge in [0.05, 0.1) is 6.61 Å². The van der Waals surface area contributed by atoms with Crippen LogP contribution < -0.4 is 4.74 Å². The Morgan fingerprint density at radius 2 is 1.86 bits per heavy atom. The number of hydrogen-bond donors (Lipinski definition) is 0. The minimum atomic E-state index is -0.346. The van der Waals surface area contributed by atoms with E-state index in [9.17, 15) is 9.18 Å². The third-order valence-electron chi connectivity index (χ3n) is 3.09. The Balaban J connectivity index is 1.91. The number of halogens is 1. The first-order valence-corrected chi connectivity index (χ1v) is 6.81. The summed E-state index contributed by atoms with van der Waals surface area (Å²) < 4.78 is 18.5. The van der Waals surface area contributed by atoms with E-state index < -0.39 is 0 Å². The van der Waals surface area contributed by atoms with Gasteiger partial charge in [-0.15, -0.1) is 6.58 Å². The summed E-state index contributed by atoms with van der Waals surface area (Å²) in [6.07, 6.45) is 2.79. The van der Waals surface area contributed by atoms with Gasteiger partial charge in [0.15, 0.2) is 5.78 Å². The van der Waals surface area contributed by atoms with Gasteiger partial charge in [0, 0.05) is 12.0 Å². The molecule has 21 heavy (non-hydrogen) atoms. The molecule has 0 aromatic heterocycles. The molecule has 3 heteroatoms. The molecule has 0 spiro atoms. The van der Waals surface area contributed by atoms with E-state index in [1.807, 2.05) is 30.3 Å². The Bertz CT molecular complexity index is 617. The standard InChI is InChI=1S/C18H17FO2/c1-2-5-15-6-3-4-7-18(15)21-13-12-17(20)14-8-10-16(19)11-9-14/h2-4,6-11H,1,5,12-13H2. The minimum absolute atomic E-state index is 0.0591. The maximum absolute atomic E-state index is 12.8. The fraction of sp³-hybridized carbons (Fsp3) is 0.167. The topological polar surface area (TPSA) is 26.3 Å². The van der Waals surface area contributed by atoms with Crippen LogP contribution in [0, 0.1) is 5.82 Å². The lowest BCUT2D eigenvalue weighted by Gasteiger charge is -2.10. The number of para-hydroxylation sites is 1. The molecule has 2 aromatic carbocycles. The van der Waals surface area contributed by atoms with Gasteiger partial charge in [0.2, 0.25) is 0 Å². The van der Waals surface area contributed by atoms with Crippen molar-refractivity contribution >= 4 is 5.78 Å². The van der Waals surface area contributed by atoms with Crippen molar-refractivity contribution in [1.29, 1.82) is 0 Å². The van der Waals surface area contributed by atoms with Crippen molar-refractivity contribution in [2.45, 2.75) is 12.8 Å². The predicted molar refractivity (Wildman–Crippen MR) is 81.2 cm³/mol. The Hall–Kier alpha value is -2.42. The number of ketones is 1. The molecule has 108 valence electrons. The predicted octanol–water partition coefficient (Wildman–Crippen LogP) is 4.21. The van der Waals surface area contributed by atoms with E-state index in [4.69, 9.17) is 4.74 Å². The molecule has 2 aromatic rings. The van der Waals surface area contributed by atoms with Gasteiger partial charge in [0.25, 0.3) is 0 Å². The second-order valence-electron chi connectivity index (χ2n) is 4.63. The molecule has 0 bridgehead atoms. The molecule has 0 saturated carbocycles. The summed E-state index contributed by atoms with van der Waals surface area (Å²) in [7, 11) is 0. The van der Waals surface area contributed by atoms with E-state index in [1.54, 1.807) is 0 Å². The average molecular weight is 284 g/mol. The highest BCUT2D eigenvalue weighted by Gasteiger charge is 2.07. The average Bonchev–Trinajstić information content (AvgIpc) is 2.50. The fourth-order valence-electron chi connectivity index (χ4n) is 2.00. The van der Waals surface area contributed by atoms with Gasteiger partial charge in [-0.05, 0) is 42.3 Å². The number of allylic oxidation sites excluding steroid dienone is 1. The molecule has 0 aliphatic rings. The fourth-order valence-corrected chi connectivity index (χ4v) is 2.00. The lowest BCUT2D eigenvalue weighted by atomic mass is 10.1. The van der Waals surface area contributed by atoms with Crippen LogP contribution in [0.25, 0.3) is 0 Å². The van der Waals surface area contributed by atoms with E-state index >= 15 is 0 Å². The van der Waals surface area contributed by atoms with Gasteiger partial charge in [-0.25, -0.2) is 4.39 Å². The number of ether oxygens (including phenoxy) is 1. The van der Waals surface area contributed by atoms with Crippen LogP contribution in [0.1, 0.15) is 22.3 Å². The summed E-state index contributed by atoms with van der Waals surface area (Å²) in [6.45, 7) is 4.01. The first-order chi connectivity index (χ1) is 10.2. The lowest BCUT2D eigenvalue weighted by molar-refractivity contribution is 0.0962. The van der Waals surface area contributed by atoms with Crippen molar-refractivity contribution in [3.63, 3.8) is 0 Å².